The molecule has 0 aliphatic heterocycles. The lowest BCUT2D eigenvalue weighted by Gasteiger charge is -2.12. The number of nitrogens with zero attached hydrogens (tertiary/aromatic N) is 2. The average molecular weight is 280 g/mol. The van der Waals surface area contributed by atoms with Crippen molar-refractivity contribution in [2.24, 2.45) is 0 Å². The first-order valence-corrected chi connectivity index (χ1v) is 7.56. The van der Waals surface area contributed by atoms with Crippen molar-refractivity contribution in [3.8, 4) is 5.69 Å². The summed E-state index contributed by atoms with van der Waals surface area (Å²) in [4.78, 5) is 3.92. The first kappa shape index (κ1) is 13.8. The van der Waals surface area contributed by atoms with Gasteiger partial charge >= 0.3 is 0 Å². The molecule has 1 N–H and O–H groups in total. The van der Waals surface area contributed by atoms with E-state index in [2.05, 4.69) is 4.98 Å². The number of benzene rings is 1. The second-order valence-corrected chi connectivity index (χ2v) is 6.34. The van der Waals surface area contributed by atoms with Gasteiger partial charge in [0.05, 0.1) is 18.0 Å². The fourth-order valence-corrected chi connectivity index (χ4v) is 3.01. The Morgan fingerprint density at radius 3 is 2.74 bits per heavy atom. The van der Waals surface area contributed by atoms with Gasteiger partial charge in [0.2, 0.25) is 15.0 Å². The molecule has 0 unspecified atom stereocenters. The molecule has 0 amide bonds. The summed E-state index contributed by atoms with van der Waals surface area (Å²) in [6.07, 6.45) is 3.07. The van der Waals surface area contributed by atoms with Gasteiger partial charge in [-0.1, -0.05) is 12.1 Å². The van der Waals surface area contributed by atoms with Crippen LogP contribution in [0.3, 0.4) is 0 Å². The van der Waals surface area contributed by atoms with E-state index >= 15 is 0 Å². The molecule has 1 heterocycles. The van der Waals surface area contributed by atoms with Gasteiger partial charge in [0.1, 0.15) is 0 Å². The van der Waals surface area contributed by atoms with Crippen LogP contribution in [0.5, 0.6) is 0 Å². The monoisotopic (exact) mass is 280 g/mol. The highest BCUT2D eigenvalue weighted by Gasteiger charge is 2.21. The highest BCUT2D eigenvalue weighted by atomic mass is 32.2. The van der Waals surface area contributed by atoms with Gasteiger partial charge in [0.25, 0.3) is 0 Å². The van der Waals surface area contributed by atoms with Gasteiger partial charge in [-0.2, -0.15) is 0 Å². The van der Waals surface area contributed by atoms with E-state index in [-0.39, 0.29) is 10.9 Å². The molecule has 0 saturated carbocycles. The van der Waals surface area contributed by atoms with Crippen LogP contribution in [0.15, 0.2) is 35.7 Å². The molecular weight excluding hydrogens is 264 g/mol. The fourth-order valence-electron chi connectivity index (χ4n) is 1.91. The number of aromatic nitrogens is 2. The second kappa shape index (κ2) is 5.14. The summed E-state index contributed by atoms with van der Waals surface area (Å²) in [6, 6.07) is 5.69. The fraction of sp³-hybridized carbons (Fsp3) is 0.308. The zero-order valence-electron chi connectivity index (χ0n) is 10.9. The number of aryl methyl sites for hydroxylation is 1. The van der Waals surface area contributed by atoms with E-state index in [1.165, 1.54) is 6.20 Å². The minimum absolute atomic E-state index is 0.0322. The van der Waals surface area contributed by atoms with Gasteiger partial charge in [-0.15, -0.1) is 0 Å². The Bertz CT molecular complexity index is 690. The van der Waals surface area contributed by atoms with Crippen molar-refractivity contribution in [2.45, 2.75) is 19.0 Å². The third-order valence-corrected chi connectivity index (χ3v) is 4.66. The van der Waals surface area contributed by atoms with Crippen LogP contribution in [0.2, 0.25) is 0 Å². The topological polar surface area (TPSA) is 72.2 Å². The van der Waals surface area contributed by atoms with Gasteiger partial charge in [-0.25, -0.2) is 13.4 Å². The van der Waals surface area contributed by atoms with E-state index in [1.54, 1.807) is 10.8 Å². The van der Waals surface area contributed by atoms with E-state index < -0.39 is 16.4 Å². The molecule has 102 valence electrons. The molecule has 0 bridgehead atoms. The van der Waals surface area contributed by atoms with Gasteiger partial charge < -0.3 is 5.11 Å². The predicted octanol–water partition coefficient (Wildman–Crippen LogP) is 1.26. The van der Waals surface area contributed by atoms with Crippen molar-refractivity contribution in [2.75, 3.05) is 12.4 Å². The molecule has 0 saturated heterocycles. The lowest BCUT2D eigenvalue weighted by atomic mass is 10.1. The maximum absolute atomic E-state index is 12.0. The zero-order chi connectivity index (χ0) is 14.0. The molecule has 0 radical (unpaired) electrons. The van der Waals surface area contributed by atoms with Crippen LogP contribution in [0.25, 0.3) is 5.69 Å². The maximum atomic E-state index is 12.0. The first-order chi connectivity index (χ1) is 8.97. The Hall–Kier alpha value is -1.66. The molecule has 1 aromatic carbocycles. The number of sulfone groups is 1. The smallest absolute Gasteiger partial charge is 0.232 e. The summed E-state index contributed by atoms with van der Waals surface area (Å²) in [5, 5.41) is 8.81. The molecule has 5 nitrogen and oxygen atoms in total. The van der Waals surface area contributed by atoms with Crippen molar-refractivity contribution in [1.82, 2.24) is 9.55 Å². The highest BCUT2D eigenvalue weighted by Crippen LogP contribution is 2.21. The minimum Gasteiger partial charge on any atom is -0.395 e. The standard InChI is InChI=1S/C13H16N2O3S/c1-10-4-3-5-12(11(10)2)15-7-6-14-13(15)19(17,18)9-8-16/h3-7,16H,8-9H2,1-2H3. The van der Waals surface area contributed by atoms with Gasteiger partial charge in [0, 0.05) is 12.4 Å². The minimum atomic E-state index is -3.57. The summed E-state index contributed by atoms with van der Waals surface area (Å²) < 4.78 is 25.6. The summed E-state index contributed by atoms with van der Waals surface area (Å²) in [5.74, 6) is -0.325. The number of aliphatic hydroxyl groups is 1. The largest absolute Gasteiger partial charge is 0.395 e. The van der Waals surface area contributed by atoms with Crippen LogP contribution >= 0.6 is 0 Å². The summed E-state index contributed by atoms with van der Waals surface area (Å²) >= 11 is 0. The third kappa shape index (κ3) is 2.54. The molecule has 1 aromatic heterocycles. The predicted molar refractivity (Wildman–Crippen MR) is 72.2 cm³/mol. The number of rotatable bonds is 4. The van der Waals surface area contributed by atoms with Crippen LogP contribution in [0, 0.1) is 13.8 Å². The Morgan fingerprint density at radius 2 is 2.05 bits per heavy atom. The van der Waals surface area contributed by atoms with Crippen LogP contribution in [-0.4, -0.2) is 35.4 Å². The Labute approximate surface area is 112 Å². The van der Waals surface area contributed by atoms with Crippen molar-refractivity contribution < 1.29 is 13.5 Å². The lowest BCUT2D eigenvalue weighted by Crippen LogP contribution is -2.15. The molecule has 2 rings (SSSR count). The van der Waals surface area contributed by atoms with Crippen molar-refractivity contribution in [3.63, 3.8) is 0 Å². The van der Waals surface area contributed by atoms with E-state index in [9.17, 15) is 8.42 Å². The van der Waals surface area contributed by atoms with Crippen LogP contribution in [-0.2, 0) is 9.84 Å². The molecule has 0 spiro atoms. The summed E-state index contributed by atoms with van der Waals surface area (Å²) in [5.41, 5.74) is 2.87. The average Bonchev–Trinajstić information content (AvgIpc) is 2.82. The van der Waals surface area contributed by atoms with Gasteiger partial charge in [-0.3, -0.25) is 4.57 Å². The molecule has 2 aromatic rings. The highest BCUT2D eigenvalue weighted by molar-refractivity contribution is 7.91. The summed E-state index contributed by atoms with van der Waals surface area (Å²) in [7, 11) is -3.57. The third-order valence-electron chi connectivity index (χ3n) is 3.08. The number of aliphatic hydroxyl groups excluding tert-OH is 1. The van der Waals surface area contributed by atoms with Crippen molar-refractivity contribution >= 4 is 9.84 Å². The van der Waals surface area contributed by atoms with Crippen LogP contribution in [0.4, 0.5) is 0 Å². The van der Waals surface area contributed by atoms with E-state index in [0.29, 0.717) is 0 Å². The lowest BCUT2D eigenvalue weighted by molar-refractivity contribution is 0.319. The second-order valence-electron chi connectivity index (χ2n) is 4.34. The van der Waals surface area contributed by atoms with E-state index in [1.807, 2.05) is 32.0 Å². The molecule has 0 aliphatic carbocycles. The zero-order valence-corrected chi connectivity index (χ0v) is 11.7. The number of hydrogen-bond donors (Lipinski definition) is 1. The van der Waals surface area contributed by atoms with Crippen molar-refractivity contribution in [1.29, 1.82) is 0 Å². The van der Waals surface area contributed by atoms with Gasteiger partial charge in [-0.05, 0) is 31.0 Å². The maximum Gasteiger partial charge on any atom is 0.232 e. The molecule has 19 heavy (non-hydrogen) atoms. The Kier molecular flexibility index (Phi) is 3.73. The van der Waals surface area contributed by atoms with Crippen LogP contribution < -0.4 is 0 Å². The number of hydrogen-bond acceptors (Lipinski definition) is 4. The van der Waals surface area contributed by atoms with E-state index in [4.69, 9.17) is 5.11 Å². The van der Waals surface area contributed by atoms with Crippen LogP contribution in [0.1, 0.15) is 11.1 Å². The first-order valence-electron chi connectivity index (χ1n) is 5.91. The van der Waals surface area contributed by atoms with Gasteiger partial charge in [0.15, 0.2) is 0 Å². The molecule has 0 aliphatic rings. The van der Waals surface area contributed by atoms with E-state index in [0.717, 1.165) is 16.8 Å². The molecule has 0 atom stereocenters. The quantitative estimate of drug-likeness (QED) is 0.915. The molecule has 0 fully saturated rings. The summed E-state index contributed by atoms with van der Waals surface area (Å²) in [6.45, 7) is 3.49. The molecule has 6 heteroatoms. The molecular formula is C13H16N2O3S. The van der Waals surface area contributed by atoms with Crippen molar-refractivity contribution in [3.05, 3.63) is 41.7 Å². The number of imidazole rings is 1. The Balaban J connectivity index is 2.60. The Morgan fingerprint density at radius 1 is 1.32 bits per heavy atom. The SMILES string of the molecule is Cc1cccc(-n2ccnc2S(=O)(=O)CCO)c1C. The normalized spacial score (nSPS) is 11.7.